The van der Waals surface area contributed by atoms with Gasteiger partial charge in [0.1, 0.15) is 10.7 Å². The first-order chi connectivity index (χ1) is 12.0. The molecule has 7 heteroatoms. The number of halogens is 1. The van der Waals surface area contributed by atoms with E-state index in [1.165, 1.54) is 13.2 Å². The molecule has 0 unspecified atom stereocenters. The number of esters is 1. The highest BCUT2D eigenvalue weighted by atomic mass is 35.5. The van der Waals surface area contributed by atoms with E-state index in [0.29, 0.717) is 16.9 Å². The van der Waals surface area contributed by atoms with Crippen LogP contribution in [0.1, 0.15) is 10.4 Å². The Bertz CT molecular complexity index is 893. The third-order valence-corrected chi connectivity index (χ3v) is 3.95. The van der Waals surface area contributed by atoms with Crippen molar-refractivity contribution in [1.29, 1.82) is 0 Å². The Morgan fingerprint density at radius 1 is 1.04 bits per heavy atom. The Morgan fingerprint density at radius 2 is 1.76 bits per heavy atom. The summed E-state index contributed by atoms with van der Waals surface area (Å²) < 4.78 is 4.66. The number of carbonyl (C=O) groups excluding carboxylic acids is 3. The molecule has 1 aliphatic heterocycles. The summed E-state index contributed by atoms with van der Waals surface area (Å²) in [7, 11) is 1.28. The number of anilines is 2. The maximum absolute atomic E-state index is 12.6. The first kappa shape index (κ1) is 16.7. The number of rotatable bonds is 4. The highest BCUT2D eigenvalue weighted by molar-refractivity contribution is 6.53. The zero-order valence-corrected chi connectivity index (χ0v) is 13.9. The number of hydrogen-bond donors (Lipinski definition) is 1. The van der Waals surface area contributed by atoms with E-state index in [4.69, 9.17) is 11.6 Å². The number of amides is 2. The maximum atomic E-state index is 12.6. The molecule has 2 aromatic rings. The van der Waals surface area contributed by atoms with Crippen molar-refractivity contribution in [3.8, 4) is 0 Å². The van der Waals surface area contributed by atoms with Gasteiger partial charge < -0.3 is 10.1 Å². The summed E-state index contributed by atoms with van der Waals surface area (Å²) in [6.07, 6.45) is 0. The smallest absolute Gasteiger partial charge is 0.337 e. The molecule has 0 saturated carbocycles. The van der Waals surface area contributed by atoms with Crippen LogP contribution in [0.4, 0.5) is 11.4 Å². The van der Waals surface area contributed by atoms with E-state index in [2.05, 4.69) is 10.1 Å². The molecule has 3 rings (SSSR count). The standard InChI is InChI=1S/C18H13ClN2O4/c1-25-18(24)11-6-5-7-12(10-11)20-15-14(19)16(22)21(17(15)23)13-8-3-2-4-9-13/h2-10,20H,1H3. The van der Waals surface area contributed by atoms with Gasteiger partial charge >= 0.3 is 5.97 Å². The Hall–Kier alpha value is -3.12. The zero-order chi connectivity index (χ0) is 18.0. The zero-order valence-electron chi connectivity index (χ0n) is 13.2. The topological polar surface area (TPSA) is 75.7 Å². The SMILES string of the molecule is COC(=O)c1cccc(NC2=C(Cl)C(=O)N(c3ccccc3)C2=O)c1. The lowest BCUT2D eigenvalue weighted by atomic mass is 10.2. The van der Waals surface area contributed by atoms with Crippen molar-refractivity contribution in [2.75, 3.05) is 17.3 Å². The summed E-state index contributed by atoms with van der Waals surface area (Å²) in [6, 6.07) is 14.8. The van der Waals surface area contributed by atoms with Crippen LogP contribution in [0.5, 0.6) is 0 Å². The fourth-order valence-electron chi connectivity index (χ4n) is 2.41. The largest absolute Gasteiger partial charge is 0.465 e. The summed E-state index contributed by atoms with van der Waals surface area (Å²) in [5.41, 5.74) is 1.13. The van der Waals surface area contributed by atoms with Crippen LogP contribution < -0.4 is 10.2 Å². The first-order valence-electron chi connectivity index (χ1n) is 7.32. The fourth-order valence-corrected chi connectivity index (χ4v) is 2.62. The molecule has 0 spiro atoms. The average Bonchev–Trinajstić information content (AvgIpc) is 2.85. The minimum atomic E-state index is -0.607. The van der Waals surface area contributed by atoms with E-state index < -0.39 is 17.8 Å². The van der Waals surface area contributed by atoms with Crippen molar-refractivity contribution in [3.63, 3.8) is 0 Å². The van der Waals surface area contributed by atoms with E-state index in [1.54, 1.807) is 48.5 Å². The fraction of sp³-hybridized carbons (Fsp3) is 0.0556. The molecule has 1 aliphatic rings. The molecule has 1 N–H and O–H groups in total. The van der Waals surface area contributed by atoms with Crippen molar-refractivity contribution in [2.45, 2.75) is 0 Å². The van der Waals surface area contributed by atoms with Gasteiger partial charge in [-0.2, -0.15) is 0 Å². The quantitative estimate of drug-likeness (QED) is 0.673. The Balaban J connectivity index is 1.89. The van der Waals surface area contributed by atoms with Crippen LogP contribution in [-0.4, -0.2) is 24.9 Å². The molecule has 0 fully saturated rings. The van der Waals surface area contributed by atoms with Crippen LogP contribution >= 0.6 is 11.6 Å². The van der Waals surface area contributed by atoms with Crippen molar-refractivity contribution in [1.82, 2.24) is 0 Å². The van der Waals surface area contributed by atoms with E-state index in [9.17, 15) is 14.4 Å². The van der Waals surface area contributed by atoms with Gasteiger partial charge in [-0.3, -0.25) is 9.59 Å². The first-order valence-corrected chi connectivity index (χ1v) is 7.69. The maximum Gasteiger partial charge on any atom is 0.337 e. The molecule has 0 atom stereocenters. The van der Waals surface area contributed by atoms with Gasteiger partial charge in [0.15, 0.2) is 0 Å². The lowest BCUT2D eigenvalue weighted by molar-refractivity contribution is -0.120. The summed E-state index contributed by atoms with van der Waals surface area (Å²) >= 11 is 6.06. The van der Waals surface area contributed by atoms with Crippen molar-refractivity contribution in [2.24, 2.45) is 0 Å². The van der Waals surface area contributed by atoms with Crippen molar-refractivity contribution >= 4 is 40.8 Å². The van der Waals surface area contributed by atoms with Gasteiger partial charge in [0, 0.05) is 5.69 Å². The number of benzene rings is 2. The normalized spacial score (nSPS) is 14.1. The lowest BCUT2D eigenvalue weighted by Gasteiger charge is -2.15. The van der Waals surface area contributed by atoms with Crippen molar-refractivity contribution < 1.29 is 19.1 Å². The number of nitrogens with zero attached hydrogens (tertiary/aromatic N) is 1. The van der Waals surface area contributed by atoms with Crippen LogP contribution in [0.2, 0.25) is 0 Å². The Kier molecular flexibility index (Phi) is 4.54. The van der Waals surface area contributed by atoms with Gasteiger partial charge in [-0.1, -0.05) is 35.9 Å². The number of ether oxygens (including phenoxy) is 1. The van der Waals surface area contributed by atoms with E-state index in [0.717, 1.165) is 4.90 Å². The second kappa shape index (κ2) is 6.78. The third-order valence-electron chi connectivity index (χ3n) is 3.59. The summed E-state index contributed by atoms with van der Waals surface area (Å²) in [6.45, 7) is 0. The highest BCUT2D eigenvalue weighted by Gasteiger charge is 2.38. The molecule has 1 heterocycles. The summed E-state index contributed by atoms with van der Waals surface area (Å²) in [5, 5.41) is 2.61. The molecule has 25 heavy (non-hydrogen) atoms. The molecular formula is C18H13ClN2O4. The minimum absolute atomic E-state index is 0.0439. The van der Waals surface area contributed by atoms with E-state index in [1.807, 2.05) is 0 Å². The Labute approximate surface area is 148 Å². The number of imide groups is 1. The summed E-state index contributed by atoms with van der Waals surface area (Å²) in [5.74, 6) is -1.68. The molecule has 0 saturated heterocycles. The predicted octanol–water partition coefficient (Wildman–Crippen LogP) is 2.91. The number of para-hydroxylation sites is 1. The lowest BCUT2D eigenvalue weighted by Crippen LogP contribution is -2.32. The predicted molar refractivity (Wildman–Crippen MR) is 93.2 cm³/mol. The van der Waals surface area contributed by atoms with Crippen molar-refractivity contribution in [3.05, 3.63) is 70.9 Å². The molecule has 2 amide bonds. The van der Waals surface area contributed by atoms with Gasteiger partial charge in [-0.25, -0.2) is 9.69 Å². The van der Waals surface area contributed by atoms with Crippen LogP contribution in [0.3, 0.4) is 0 Å². The second-order valence-electron chi connectivity index (χ2n) is 5.17. The molecule has 6 nitrogen and oxygen atoms in total. The molecule has 0 radical (unpaired) electrons. The third kappa shape index (κ3) is 3.12. The Morgan fingerprint density at radius 3 is 2.44 bits per heavy atom. The highest BCUT2D eigenvalue weighted by Crippen LogP contribution is 2.30. The van der Waals surface area contributed by atoms with Gasteiger partial charge in [0.25, 0.3) is 11.8 Å². The minimum Gasteiger partial charge on any atom is -0.465 e. The molecule has 0 bridgehead atoms. The number of methoxy groups -OCH3 is 1. The number of hydrogen-bond acceptors (Lipinski definition) is 5. The van der Waals surface area contributed by atoms with Gasteiger partial charge in [0.2, 0.25) is 0 Å². The molecule has 126 valence electrons. The van der Waals surface area contributed by atoms with Gasteiger partial charge in [0.05, 0.1) is 18.4 Å². The second-order valence-corrected chi connectivity index (χ2v) is 5.55. The monoisotopic (exact) mass is 356 g/mol. The van der Waals surface area contributed by atoms with Crippen LogP contribution in [0.15, 0.2) is 65.3 Å². The van der Waals surface area contributed by atoms with E-state index in [-0.39, 0.29) is 10.7 Å². The molecular weight excluding hydrogens is 344 g/mol. The van der Waals surface area contributed by atoms with Gasteiger partial charge in [-0.05, 0) is 30.3 Å². The number of nitrogens with one attached hydrogen (secondary N) is 1. The molecule has 2 aromatic carbocycles. The molecule has 0 aliphatic carbocycles. The van der Waals surface area contributed by atoms with Crippen LogP contribution in [0, 0.1) is 0 Å². The van der Waals surface area contributed by atoms with Gasteiger partial charge in [-0.15, -0.1) is 0 Å². The van der Waals surface area contributed by atoms with E-state index >= 15 is 0 Å². The summed E-state index contributed by atoms with van der Waals surface area (Å²) in [4.78, 5) is 37.6. The molecule has 0 aromatic heterocycles. The number of carbonyl (C=O) groups is 3. The average molecular weight is 357 g/mol. The van der Waals surface area contributed by atoms with Crippen LogP contribution in [-0.2, 0) is 14.3 Å². The van der Waals surface area contributed by atoms with Crippen LogP contribution in [0.25, 0.3) is 0 Å².